The van der Waals surface area contributed by atoms with Crippen LogP contribution in [0.15, 0.2) is 24.3 Å². The quantitative estimate of drug-likeness (QED) is 0.788. The second-order valence-electron chi connectivity index (χ2n) is 3.22. The van der Waals surface area contributed by atoms with Gasteiger partial charge in [0.15, 0.2) is 0 Å². The fraction of sp³-hybridized carbons (Fsp3) is 0.364. The van der Waals surface area contributed by atoms with Crippen LogP contribution in [0.1, 0.15) is 12.5 Å². The van der Waals surface area contributed by atoms with Gasteiger partial charge in [-0.1, -0.05) is 12.1 Å². The van der Waals surface area contributed by atoms with Gasteiger partial charge in [0.2, 0.25) is 0 Å². The van der Waals surface area contributed by atoms with Crippen LogP contribution in [-0.2, 0) is 5.54 Å². The fourth-order valence-electron chi connectivity index (χ4n) is 1.20. The first-order chi connectivity index (χ1) is 6.66. The summed E-state index contributed by atoms with van der Waals surface area (Å²) in [7, 11) is 3.38. The van der Waals surface area contributed by atoms with Crippen LogP contribution in [0.5, 0.6) is 5.75 Å². The third-order valence-corrected chi connectivity index (χ3v) is 2.37. The average molecular weight is 190 g/mol. The molecule has 0 spiro atoms. The minimum Gasteiger partial charge on any atom is -0.497 e. The second-order valence-corrected chi connectivity index (χ2v) is 3.22. The van der Waals surface area contributed by atoms with Crippen molar-refractivity contribution in [1.29, 1.82) is 5.26 Å². The summed E-state index contributed by atoms with van der Waals surface area (Å²) in [5, 5.41) is 12.0. The summed E-state index contributed by atoms with van der Waals surface area (Å²) in [6.07, 6.45) is 0. The van der Waals surface area contributed by atoms with Crippen LogP contribution >= 0.6 is 0 Å². The van der Waals surface area contributed by atoms with Gasteiger partial charge in [-0.2, -0.15) is 5.26 Å². The van der Waals surface area contributed by atoms with Crippen LogP contribution < -0.4 is 10.1 Å². The molecule has 3 heteroatoms. The predicted octanol–water partition coefficient (Wildman–Crippen LogP) is 1.65. The zero-order chi connectivity index (χ0) is 10.6. The number of methoxy groups -OCH3 is 1. The molecular weight excluding hydrogens is 176 g/mol. The third kappa shape index (κ3) is 1.86. The van der Waals surface area contributed by atoms with E-state index in [-0.39, 0.29) is 0 Å². The van der Waals surface area contributed by atoms with Gasteiger partial charge >= 0.3 is 0 Å². The van der Waals surface area contributed by atoms with Gasteiger partial charge in [-0.3, -0.25) is 5.32 Å². The van der Waals surface area contributed by atoms with Gasteiger partial charge in [-0.15, -0.1) is 0 Å². The average Bonchev–Trinajstić information content (AvgIpc) is 2.28. The Kier molecular flexibility index (Phi) is 3.10. The van der Waals surface area contributed by atoms with Crippen molar-refractivity contribution < 1.29 is 4.74 Å². The molecule has 0 amide bonds. The second kappa shape index (κ2) is 4.12. The van der Waals surface area contributed by atoms with E-state index in [0.717, 1.165) is 11.3 Å². The first-order valence-electron chi connectivity index (χ1n) is 4.41. The molecular formula is C11H14N2O. The van der Waals surface area contributed by atoms with E-state index in [1.54, 1.807) is 14.2 Å². The number of benzene rings is 1. The molecule has 0 aliphatic heterocycles. The van der Waals surface area contributed by atoms with Crippen molar-refractivity contribution in [3.05, 3.63) is 29.8 Å². The number of nitrogens with zero attached hydrogens (tertiary/aromatic N) is 1. The van der Waals surface area contributed by atoms with E-state index in [1.807, 2.05) is 31.2 Å². The Labute approximate surface area is 84.3 Å². The number of nitrogens with one attached hydrogen (secondary N) is 1. The molecule has 74 valence electrons. The van der Waals surface area contributed by atoms with Crippen LogP contribution in [0.4, 0.5) is 0 Å². The highest BCUT2D eigenvalue weighted by atomic mass is 16.5. The lowest BCUT2D eigenvalue weighted by Gasteiger charge is -2.21. The van der Waals surface area contributed by atoms with Gasteiger partial charge in [0, 0.05) is 0 Å². The number of hydrogen-bond acceptors (Lipinski definition) is 3. The van der Waals surface area contributed by atoms with Crippen molar-refractivity contribution in [2.45, 2.75) is 12.5 Å². The van der Waals surface area contributed by atoms with E-state index < -0.39 is 5.54 Å². The van der Waals surface area contributed by atoms with Crippen molar-refractivity contribution in [1.82, 2.24) is 5.32 Å². The standard InChI is InChI=1S/C11H14N2O/c1-11(8-12,13-2)9-5-4-6-10(7-9)14-3/h4-7,13H,1-3H3. The molecule has 1 atom stereocenters. The van der Waals surface area contributed by atoms with E-state index in [4.69, 9.17) is 10.00 Å². The number of nitriles is 1. The molecule has 0 radical (unpaired) electrons. The maximum Gasteiger partial charge on any atom is 0.129 e. The molecule has 0 fully saturated rings. The van der Waals surface area contributed by atoms with Crippen LogP contribution in [0, 0.1) is 11.3 Å². The van der Waals surface area contributed by atoms with E-state index >= 15 is 0 Å². The highest BCUT2D eigenvalue weighted by molar-refractivity contribution is 5.36. The topological polar surface area (TPSA) is 45.0 Å². The smallest absolute Gasteiger partial charge is 0.129 e. The third-order valence-electron chi connectivity index (χ3n) is 2.37. The van der Waals surface area contributed by atoms with Gasteiger partial charge in [0.1, 0.15) is 11.3 Å². The predicted molar refractivity (Wildman–Crippen MR) is 55.0 cm³/mol. The number of ether oxygens (including phenoxy) is 1. The lowest BCUT2D eigenvalue weighted by atomic mass is 9.94. The zero-order valence-corrected chi connectivity index (χ0v) is 8.66. The van der Waals surface area contributed by atoms with Crippen LogP contribution in [0.25, 0.3) is 0 Å². The Balaban J connectivity index is 3.12. The molecule has 0 aromatic heterocycles. The van der Waals surface area contributed by atoms with Crippen molar-refractivity contribution in [2.24, 2.45) is 0 Å². The summed E-state index contributed by atoms with van der Waals surface area (Å²) < 4.78 is 5.10. The first-order valence-corrected chi connectivity index (χ1v) is 4.41. The van der Waals surface area contributed by atoms with Crippen LogP contribution in [0.2, 0.25) is 0 Å². The summed E-state index contributed by atoms with van der Waals surface area (Å²) in [5.74, 6) is 0.763. The Morgan fingerprint density at radius 3 is 2.71 bits per heavy atom. The Hall–Kier alpha value is -1.53. The van der Waals surface area contributed by atoms with Gasteiger partial charge in [0.25, 0.3) is 0 Å². The van der Waals surface area contributed by atoms with E-state index in [0.29, 0.717) is 0 Å². The van der Waals surface area contributed by atoms with Gasteiger partial charge in [0.05, 0.1) is 13.2 Å². The Morgan fingerprint density at radius 1 is 1.50 bits per heavy atom. The largest absolute Gasteiger partial charge is 0.497 e. The van der Waals surface area contributed by atoms with Gasteiger partial charge in [-0.25, -0.2) is 0 Å². The normalized spacial score (nSPS) is 14.1. The summed E-state index contributed by atoms with van der Waals surface area (Å²) in [5.41, 5.74) is 0.246. The summed E-state index contributed by atoms with van der Waals surface area (Å²) in [6.45, 7) is 1.84. The van der Waals surface area contributed by atoms with E-state index in [1.165, 1.54) is 0 Å². The number of hydrogen-bond donors (Lipinski definition) is 1. The summed E-state index contributed by atoms with van der Waals surface area (Å²) >= 11 is 0. The SMILES string of the molecule is CNC(C)(C#N)c1cccc(OC)c1. The Bertz CT molecular complexity index is 357. The van der Waals surface area contributed by atoms with Crippen molar-refractivity contribution in [2.75, 3.05) is 14.2 Å². The van der Waals surface area contributed by atoms with E-state index in [9.17, 15) is 0 Å². The summed E-state index contributed by atoms with van der Waals surface area (Å²) in [4.78, 5) is 0. The highest BCUT2D eigenvalue weighted by Gasteiger charge is 2.23. The van der Waals surface area contributed by atoms with Crippen molar-refractivity contribution >= 4 is 0 Å². The molecule has 0 saturated heterocycles. The fourth-order valence-corrected chi connectivity index (χ4v) is 1.20. The van der Waals surface area contributed by atoms with Crippen LogP contribution in [-0.4, -0.2) is 14.2 Å². The first kappa shape index (κ1) is 10.6. The van der Waals surface area contributed by atoms with Crippen molar-refractivity contribution in [3.63, 3.8) is 0 Å². The molecule has 1 aromatic rings. The molecule has 1 rings (SSSR count). The molecule has 0 aliphatic carbocycles. The maximum absolute atomic E-state index is 9.05. The summed E-state index contributed by atoms with van der Waals surface area (Å²) in [6, 6.07) is 9.73. The molecule has 1 N–H and O–H groups in total. The van der Waals surface area contributed by atoms with Crippen molar-refractivity contribution in [3.8, 4) is 11.8 Å². The molecule has 0 aliphatic rings. The molecule has 3 nitrogen and oxygen atoms in total. The van der Waals surface area contributed by atoms with E-state index in [2.05, 4.69) is 11.4 Å². The highest BCUT2D eigenvalue weighted by Crippen LogP contribution is 2.23. The lowest BCUT2D eigenvalue weighted by Crippen LogP contribution is -2.34. The zero-order valence-electron chi connectivity index (χ0n) is 8.66. The molecule has 0 saturated carbocycles. The molecule has 14 heavy (non-hydrogen) atoms. The molecule has 1 unspecified atom stereocenters. The molecule has 0 heterocycles. The Morgan fingerprint density at radius 2 is 2.21 bits per heavy atom. The van der Waals surface area contributed by atoms with Gasteiger partial charge < -0.3 is 4.74 Å². The monoisotopic (exact) mass is 190 g/mol. The number of rotatable bonds is 3. The molecule has 0 bridgehead atoms. The van der Waals surface area contributed by atoms with Gasteiger partial charge in [-0.05, 0) is 31.7 Å². The minimum absolute atomic E-state index is 0.658. The minimum atomic E-state index is -0.658. The lowest BCUT2D eigenvalue weighted by molar-refractivity contribution is 0.412. The maximum atomic E-state index is 9.05. The van der Waals surface area contributed by atoms with Crippen LogP contribution in [0.3, 0.4) is 0 Å². The molecule has 1 aromatic carbocycles.